The lowest BCUT2D eigenvalue weighted by molar-refractivity contribution is -0.123. The lowest BCUT2D eigenvalue weighted by Crippen LogP contribution is -2.33. The van der Waals surface area contributed by atoms with E-state index in [0.717, 1.165) is 19.3 Å². The van der Waals surface area contributed by atoms with Crippen LogP contribution in [0.1, 0.15) is 19.3 Å². The molecule has 1 heterocycles. The van der Waals surface area contributed by atoms with Crippen molar-refractivity contribution in [2.24, 2.45) is 23.7 Å². The lowest BCUT2D eigenvalue weighted by Gasteiger charge is -2.19. The summed E-state index contributed by atoms with van der Waals surface area (Å²) in [6.45, 7) is 0. The summed E-state index contributed by atoms with van der Waals surface area (Å²) in [4.78, 5) is 26.9. The van der Waals surface area contributed by atoms with Gasteiger partial charge in [-0.15, -0.1) is 0 Å². The number of amides is 2. The Kier molecular flexibility index (Phi) is 2.80. The molecule has 2 bridgehead atoms. The highest BCUT2D eigenvalue weighted by molar-refractivity contribution is 6.31. The first kappa shape index (κ1) is 13.1. The fraction of sp³-hybridized carbons (Fsp3) is 0.500. The molecule has 0 N–H and O–H groups in total. The Morgan fingerprint density at radius 1 is 1.14 bits per heavy atom. The first-order valence-electron chi connectivity index (χ1n) is 7.33. The minimum Gasteiger partial charge on any atom is -0.495 e. The molecule has 4 rings (SSSR count). The van der Waals surface area contributed by atoms with Crippen LogP contribution in [-0.2, 0) is 9.59 Å². The van der Waals surface area contributed by atoms with Crippen LogP contribution in [0, 0.1) is 23.7 Å². The summed E-state index contributed by atoms with van der Waals surface area (Å²) < 4.78 is 5.30. The van der Waals surface area contributed by atoms with Gasteiger partial charge in [0.2, 0.25) is 11.8 Å². The van der Waals surface area contributed by atoms with Gasteiger partial charge in [0, 0.05) is 5.02 Å². The number of anilines is 1. The molecule has 1 aliphatic heterocycles. The van der Waals surface area contributed by atoms with Crippen LogP contribution in [0.4, 0.5) is 5.69 Å². The summed E-state index contributed by atoms with van der Waals surface area (Å²) >= 11 is 6.03. The molecule has 0 aromatic heterocycles. The summed E-state index contributed by atoms with van der Waals surface area (Å²) in [5.74, 6) is 0.877. The maximum absolute atomic E-state index is 12.8. The zero-order chi connectivity index (χ0) is 14.7. The third-order valence-corrected chi connectivity index (χ3v) is 5.54. The predicted molar refractivity (Wildman–Crippen MR) is 78.3 cm³/mol. The molecule has 5 heteroatoms. The summed E-state index contributed by atoms with van der Waals surface area (Å²) in [7, 11) is 1.53. The van der Waals surface area contributed by atoms with Crippen molar-refractivity contribution in [1.29, 1.82) is 0 Å². The minimum absolute atomic E-state index is 0.0715. The smallest absolute Gasteiger partial charge is 0.238 e. The lowest BCUT2D eigenvalue weighted by atomic mass is 9.81. The molecule has 0 radical (unpaired) electrons. The van der Waals surface area contributed by atoms with Crippen molar-refractivity contribution < 1.29 is 14.3 Å². The van der Waals surface area contributed by atoms with E-state index in [1.165, 1.54) is 12.0 Å². The molecule has 2 aliphatic carbocycles. The van der Waals surface area contributed by atoms with Gasteiger partial charge in [0.1, 0.15) is 5.75 Å². The molecule has 1 aromatic rings. The van der Waals surface area contributed by atoms with Crippen LogP contribution in [0.2, 0.25) is 5.02 Å². The standard InChI is InChI=1S/C16H16ClNO3/c1-21-12-5-4-10(17)7-11(12)18-15(19)13-8-2-3-9(6-8)14(13)16(18)20/h4-5,7-9,13-14H,2-3,6H2,1H3. The van der Waals surface area contributed by atoms with Crippen LogP contribution in [0.5, 0.6) is 5.75 Å². The highest BCUT2D eigenvalue weighted by Gasteiger charge is 2.61. The molecule has 2 amide bonds. The van der Waals surface area contributed by atoms with Crippen LogP contribution in [0.25, 0.3) is 0 Å². The van der Waals surface area contributed by atoms with E-state index in [-0.39, 0.29) is 23.7 Å². The SMILES string of the molecule is COc1ccc(Cl)cc1N1C(=O)C2C3CCC(C3)C2C1=O. The number of carbonyl (C=O) groups is 2. The molecule has 4 unspecified atom stereocenters. The molecule has 3 fully saturated rings. The van der Waals surface area contributed by atoms with E-state index < -0.39 is 0 Å². The first-order valence-corrected chi connectivity index (χ1v) is 7.71. The quantitative estimate of drug-likeness (QED) is 0.789. The number of carbonyl (C=O) groups excluding carboxylic acids is 2. The van der Waals surface area contributed by atoms with Crippen molar-refractivity contribution >= 4 is 29.1 Å². The average Bonchev–Trinajstić information content (AvgIpc) is 3.13. The summed E-state index contributed by atoms with van der Waals surface area (Å²) in [5.41, 5.74) is 0.480. The Bertz CT molecular complexity index is 616. The number of ether oxygens (including phenoxy) is 1. The number of rotatable bonds is 2. The third kappa shape index (κ3) is 1.68. The number of hydrogen-bond donors (Lipinski definition) is 0. The van der Waals surface area contributed by atoms with Crippen molar-refractivity contribution in [3.8, 4) is 5.75 Å². The molecule has 4 atom stereocenters. The van der Waals surface area contributed by atoms with E-state index in [4.69, 9.17) is 16.3 Å². The number of hydrogen-bond acceptors (Lipinski definition) is 3. The van der Waals surface area contributed by atoms with E-state index in [1.54, 1.807) is 18.2 Å². The Labute approximate surface area is 128 Å². The van der Waals surface area contributed by atoms with Crippen molar-refractivity contribution in [2.75, 3.05) is 12.0 Å². The van der Waals surface area contributed by atoms with Gasteiger partial charge in [-0.05, 0) is 49.3 Å². The van der Waals surface area contributed by atoms with Gasteiger partial charge < -0.3 is 4.74 Å². The minimum atomic E-state index is -0.125. The van der Waals surface area contributed by atoms with Crippen LogP contribution >= 0.6 is 11.6 Å². The van der Waals surface area contributed by atoms with Crippen molar-refractivity contribution in [1.82, 2.24) is 0 Å². The molecule has 2 saturated carbocycles. The average molecular weight is 306 g/mol. The molecular weight excluding hydrogens is 290 g/mol. The fourth-order valence-corrected chi connectivity index (χ4v) is 4.65. The van der Waals surface area contributed by atoms with E-state index in [0.29, 0.717) is 28.3 Å². The number of imide groups is 1. The molecule has 0 spiro atoms. The largest absolute Gasteiger partial charge is 0.495 e. The van der Waals surface area contributed by atoms with Crippen LogP contribution in [-0.4, -0.2) is 18.9 Å². The highest BCUT2D eigenvalue weighted by Crippen LogP contribution is 2.57. The van der Waals surface area contributed by atoms with Gasteiger partial charge in [0.15, 0.2) is 0 Å². The summed E-state index contributed by atoms with van der Waals surface area (Å²) in [6.07, 6.45) is 3.18. The topological polar surface area (TPSA) is 46.6 Å². The second-order valence-corrected chi connectivity index (χ2v) is 6.65. The zero-order valence-electron chi connectivity index (χ0n) is 11.7. The maximum atomic E-state index is 12.8. The van der Waals surface area contributed by atoms with Crippen molar-refractivity contribution in [2.45, 2.75) is 19.3 Å². The van der Waals surface area contributed by atoms with E-state index in [9.17, 15) is 9.59 Å². The van der Waals surface area contributed by atoms with Gasteiger partial charge in [-0.2, -0.15) is 0 Å². The van der Waals surface area contributed by atoms with Crippen LogP contribution in [0.3, 0.4) is 0 Å². The fourth-order valence-electron chi connectivity index (χ4n) is 4.48. The van der Waals surface area contributed by atoms with Crippen molar-refractivity contribution in [3.05, 3.63) is 23.2 Å². The number of nitrogens with zero attached hydrogens (tertiary/aromatic N) is 1. The Balaban J connectivity index is 1.78. The van der Waals surface area contributed by atoms with Gasteiger partial charge in [-0.25, -0.2) is 4.90 Å². The number of benzene rings is 1. The highest BCUT2D eigenvalue weighted by atomic mass is 35.5. The summed E-state index contributed by atoms with van der Waals surface area (Å²) in [5, 5.41) is 0.492. The van der Waals surface area contributed by atoms with Gasteiger partial charge in [-0.1, -0.05) is 11.6 Å². The first-order chi connectivity index (χ1) is 10.1. The number of halogens is 1. The van der Waals surface area contributed by atoms with Gasteiger partial charge in [0.25, 0.3) is 0 Å². The van der Waals surface area contributed by atoms with Crippen LogP contribution in [0.15, 0.2) is 18.2 Å². The molecule has 1 aromatic carbocycles. The normalized spacial score (nSPS) is 33.7. The monoisotopic (exact) mass is 305 g/mol. The van der Waals surface area contributed by atoms with E-state index in [1.807, 2.05) is 0 Å². The number of methoxy groups -OCH3 is 1. The Hall–Kier alpha value is -1.55. The molecular formula is C16H16ClNO3. The van der Waals surface area contributed by atoms with Crippen LogP contribution < -0.4 is 9.64 Å². The molecule has 3 aliphatic rings. The third-order valence-electron chi connectivity index (χ3n) is 5.31. The number of fused-ring (bicyclic) bond motifs is 5. The predicted octanol–water partition coefficient (Wildman–Crippen LogP) is 2.88. The second kappa shape index (κ2) is 4.47. The van der Waals surface area contributed by atoms with Crippen molar-refractivity contribution in [3.63, 3.8) is 0 Å². The zero-order valence-corrected chi connectivity index (χ0v) is 12.5. The van der Waals surface area contributed by atoms with Gasteiger partial charge in [0.05, 0.1) is 24.6 Å². The molecule has 1 saturated heterocycles. The van der Waals surface area contributed by atoms with E-state index >= 15 is 0 Å². The summed E-state index contributed by atoms with van der Waals surface area (Å²) in [6, 6.07) is 5.03. The Morgan fingerprint density at radius 3 is 2.33 bits per heavy atom. The maximum Gasteiger partial charge on any atom is 0.238 e. The van der Waals surface area contributed by atoms with E-state index in [2.05, 4.69) is 0 Å². The van der Waals surface area contributed by atoms with Gasteiger partial charge >= 0.3 is 0 Å². The molecule has 110 valence electrons. The molecule has 21 heavy (non-hydrogen) atoms. The Morgan fingerprint density at radius 2 is 1.76 bits per heavy atom. The van der Waals surface area contributed by atoms with Gasteiger partial charge in [-0.3, -0.25) is 9.59 Å². The molecule has 4 nitrogen and oxygen atoms in total. The second-order valence-electron chi connectivity index (χ2n) is 6.21.